The Balaban J connectivity index is 1.90. The van der Waals surface area contributed by atoms with Gasteiger partial charge in [0.1, 0.15) is 11.6 Å². The smallest absolute Gasteiger partial charge is 0.335 e. The summed E-state index contributed by atoms with van der Waals surface area (Å²) in [5.41, 5.74) is 0.522. The summed E-state index contributed by atoms with van der Waals surface area (Å²) in [6.45, 7) is 0. The van der Waals surface area contributed by atoms with Crippen molar-refractivity contribution >= 4 is 34.7 Å². The van der Waals surface area contributed by atoms with Crippen LogP contribution in [0.25, 0.3) is 28.7 Å². The van der Waals surface area contributed by atoms with Crippen LogP contribution in [0.15, 0.2) is 71.5 Å². The van der Waals surface area contributed by atoms with Crippen molar-refractivity contribution in [1.82, 2.24) is 9.55 Å². The first-order chi connectivity index (χ1) is 15.3. The number of nitro benzene ring substituents is 1. The maximum absolute atomic E-state index is 13.8. The van der Waals surface area contributed by atoms with Gasteiger partial charge in [-0.05, 0) is 54.1 Å². The van der Waals surface area contributed by atoms with Crippen LogP contribution in [-0.4, -0.2) is 25.6 Å². The molecule has 9 heteroatoms. The largest absolute Gasteiger partial charge is 0.478 e. The van der Waals surface area contributed by atoms with E-state index in [1.54, 1.807) is 12.1 Å². The Hall–Kier alpha value is -4.66. The molecule has 0 saturated carbocycles. The Morgan fingerprint density at radius 2 is 1.81 bits per heavy atom. The lowest BCUT2D eigenvalue weighted by molar-refractivity contribution is -0.384. The number of nitro groups is 1. The van der Waals surface area contributed by atoms with Crippen molar-refractivity contribution in [2.24, 2.45) is 0 Å². The van der Waals surface area contributed by atoms with E-state index in [1.165, 1.54) is 65.2 Å². The summed E-state index contributed by atoms with van der Waals surface area (Å²) < 4.78 is 15.0. The number of carboxylic acid groups (broad SMARTS) is 1. The van der Waals surface area contributed by atoms with Crippen molar-refractivity contribution in [2.45, 2.75) is 0 Å². The van der Waals surface area contributed by atoms with Gasteiger partial charge >= 0.3 is 5.97 Å². The molecule has 3 aromatic carbocycles. The first-order valence-electron chi connectivity index (χ1n) is 9.32. The number of carbonyl (C=O) groups is 1. The second kappa shape index (κ2) is 8.23. The van der Waals surface area contributed by atoms with Gasteiger partial charge in [0.25, 0.3) is 11.2 Å². The van der Waals surface area contributed by atoms with Gasteiger partial charge in [-0.3, -0.25) is 19.5 Å². The lowest BCUT2D eigenvalue weighted by Gasteiger charge is -2.12. The van der Waals surface area contributed by atoms with Crippen LogP contribution in [0.5, 0.6) is 0 Å². The summed E-state index contributed by atoms with van der Waals surface area (Å²) in [6.07, 6.45) is 3.07. The first kappa shape index (κ1) is 20.6. The van der Waals surface area contributed by atoms with Gasteiger partial charge in [-0.2, -0.15) is 0 Å². The number of halogens is 1. The monoisotopic (exact) mass is 431 g/mol. The molecule has 0 bridgehead atoms. The molecule has 0 atom stereocenters. The van der Waals surface area contributed by atoms with Crippen molar-refractivity contribution < 1.29 is 19.2 Å². The van der Waals surface area contributed by atoms with E-state index >= 15 is 0 Å². The fourth-order valence-corrected chi connectivity index (χ4v) is 3.20. The maximum Gasteiger partial charge on any atom is 0.335 e. The highest BCUT2D eigenvalue weighted by Gasteiger charge is 2.13. The molecule has 0 fully saturated rings. The minimum atomic E-state index is -1.12. The number of fused-ring (bicyclic) bond motifs is 1. The standard InChI is InChI=1S/C23H14FN3O5/c24-16-7-10-20-19(13-16)22(28)26(17-8-5-15(6-9-17)23(29)30)21(25-20)11-4-14-2-1-3-18(12-14)27(31)32/h1-13H,(H,29,30)/b11-4+. The Morgan fingerprint density at radius 3 is 2.50 bits per heavy atom. The SMILES string of the molecule is O=C(O)c1ccc(-n2c(/C=C/c3cccc([N+](=O)[O-])c3)nc3ccc(F)cc3c2=O)cc1. The zero-order valence-corrected chi connectivity index (χ0v) is 16.3. The molecule has 158 valence electrons. The van der Waals surface area contributed by atoms with Crippen molar-refractivity contribution in [3.63, 3.8) is 0 Å². The Bertz CT molecular complexity index is 1460. The predicted octanol–water partition coefficient (Wildman–Crippen LogP) is 4.30. The molecule has 0 aliphatic rings. The molecule has 4 rings (SSSR count). The van der Waals surface area contributed by atoms with Crippen LogP contribution < -0.4 is 5.56 Å². The van der Waals surface area contributed by atoms with Gasteiger partial charge in [-0.15, -0.1) is 0 Å². The molecule has 0 saturated heterocycles. The lowest BCUT2D eigenvalue weighted by atomic mass is 10.1. The van der Waals surface area contributed by atoms with Crippen LogP contribution in [0.1, 0.15) is 21.7 Å². The molecule has 0 spiro atoms. The number of benzene rings is 3. The summed E-state index contributed by atoms with van der Waals surface area (Å²) in [4.78, 5) is 39.3. The summed E-state index contributed by atoms with van der Waals surface area (Å²) in [6, 6.07) is 15.2. The average Bonchev–Trinajstić information content (AvgIpc) is 2.78. The van der Waals surface area contributed by atoms with Gasteiger partial charge in [0.2, 0.25) is 0 Å². The summed E-state index contributed by atoms with van der Waals surface area (Å²) in [5, 5.41) is 20.2. The normalized spacial score (nSPS) is 11.2. The van der Waals surface area contributed by atoms with Crippen LogP contribution in [0.4, 0.5) is 10.1 Å². The quantitative estimate of drug-likeness (QED) is 0.372. The van der Waals surface area contributed by atoms with Crippen LogP contribution in [0, 0.1) is 15.9 Å². The number of carboxylic acids is 1. The van der Waals surface area contributed by atoms with E-state index in [0.29, 0.717) is 11.3 Å². The van der Waals surface area contributed by atoms with Gasteiger partial charge in [0.05, 0.1) is 27.1 Å². The van der Waals surface area contributed by atoms with Crippen LogP contribution in [0.2, 0.25) is 0 Å². The van der Waals surface area contributed by atoms with E-state index in [-0.39, 0.29) is 28.0 Å². The molecule has 1 N–H and O–H groups in total. The highest BCUT2D eigenvalue weighted by molar-refractivity contribution is 5.88. The molecule has 8 nitrogen and oxygen atoms in total. The third-order valence-corrected chi connectivity index (χ3v) is 4.73. The predicted molar refractivity (Wildman–Crippen MR) is 116 cm³/mol. The van der Waals surface area contributed by atoms with E-state index in [1.807, 2.05) is 0 Å². The topological polar surface area (TPSA) is 115 Å². The Labute approximate surface area is 179 Å². The molecular weight excluding hydrogens is 417 g/mol. The Morgan fingerprint density at radius 1 is 1.06 bits per heavy atom. The number of rotatable bonds is 5. The molecule has 1 heterocycles. The average molecular weight is 431 g/mol. The molecule has 4 aromatic rings. The third-order valence-electron chi connectivity index (χ3n) is 4.73. The van der Waals surface area contributed by atoms with Crippen molar-refractivity contribution in [3.05, 3.63) is 110 Å². The first-order valence-corrected chi connectivity index (χ1v) is 9.32. The third kappa shape index (κ3) is 3.99. The van der Waals surface area contributed by atoms with Crippen LogP contribution >= 0.6 is 0 Å². The minimum Gasteiger partial charge on any atom is -0.478 e. The molecule has 32 heavy (non-hydrogen) atoms. The van der Waals surface area contributed by atoms with E-state index in [2.05, 4.69) is 4.98 Å². The van der Waals surface area contributed by atoms with Gasteiger partial charge in [-0.25, -0.2) is 14.2 Å². The molecule has 0 unspecified atom stereocenters. The summed E-state index contributed by atoms with van der Waals surface area (Å²) in [5.74, 6) is -1.53. The van der Waals surface area contributed by atoms with Crippen molar-refractivity contribution in [3.8, 4) is 5.69 Å². The number of aromatic carboxylic acids is 1. The number of non-ortho nitro benzene ring substituents is 1. The van der Waals surface area contributed by atoms with Gasteiger partial charge in [-0.1, -0.05) is 18.2 Å². The second-order valence-corrected chi connectivity index (χ2v) is 6.81. The summed E-state index contributed by atoms with van der Waals surface area (Å²) >= 11 is 0. The molecule has 0 aliphatic heterocycles. The van der Waals surface area contributed by atoms with E-state index < -0.39 is 22.3 Å². The van der Waals surface area contributed by atoms with Crippen LogP contribution in [0.3, 0.4) is 0 Å². The molecule has 0 amide bonds. The fourth-order valence-electron chi connectivity index (χ4n) is 3.20. The van der Waals surface area contributed by atoms with E-state index in [0.717, 1.165) is 6.07 Å². The number of hydrogen-bond acceptors (Lipinski definition) is 5. The van der Waals surface area contributed by atoms with Gasteiger partial charge in [0, 0.05) is 12.1 Å². The maximum atomic E-state index is 13.8. The van der Waals surface area contributed by atoms with Crippen molar-refractivity contribution in [1.29, 1.82) is 0 Å². The zero-order valence-electron chi connectivity index (χ0n) is 16.3. The van der Waals surface area contributed by atoms with E-state index in [9.17, 15) is 24.1 Å². The highest BCUT2D eigenvalue weighted by Crippen LogP contribution is 2.19. The van der Waals surface area contributed by atoms with E-state index in [4.69, 9.17) is 5.11 Å². The zero-order chi connectivity index (χ0) is 22.8. The number of hydrogen-bond donors (Lipinski definition) is 1. The molecular formula is C23H14FN3O5. The molecule has 0 aliphatic carbocycles. The highest BCUT2D eigenvalue weighted by atomic mass is 19.1. The van der Waals surface area contributed by atoms with Gasteiger partial charge < -0.3 is 5.11 Å². The Kier molecular flexibility index (Phi) is 5.30. The van der Waals surface area contributed by atoms with Crippen LogP contribution in [-0.2, 0) is 0 Å². The number of nitrogens with zero attached hydrogens (tertiary/aromatic N) is 3. The minimum absolute atomic E-state index is 0.0373. The number of aromatic nitrogens is 2. The van der Waals surface area contributed by atoms with Gasteiger partial charge in [0.15, 0.2) is 0 Å². The second-order valence-electron chi connectivity index (χ2n) is 6.81. The molecule has 0 radical (unpaired) electrons. The van der Waals surface area contributed by atoms with Crippen molar-refractivity contribution in [2.75, 3.05) is 0 Å². The fraction of sp³-hybridized carbons (Fsp3) is 0. The molecule has 1 aromatic heterocycles. The lowest BCUT2D eigenvalue weighted by Crippen LogP contribution is -2.22. The summed E-state index contributed by atoms with van der Waals surface area (Å²) in [7, 11) is 0.